The molecule has 1 fully saturated rings. The van der Waals surface area contributed by atoms with Gasteiger partial charge in [-0.3, -0.25) is 14.4 Å². The highest BCUT2D eigenvalue weighted by Crippen LogP contribution is 2.27. The summed E-state index contributed by atoms with van der Waals surface area (Å²) >= 11 is 0. The standard InChI is InChI=1S/C24H25N3O5/c1-31-17-6-7-18-16(14-32-21(18)13-17)12-22(28)26-20-5-3-2-4-19(20)24(30)27-10-8-15(9-11-27)23(25)29/h2-7,13-15H,8-12H2,1H3,(H2,25,29)(H,26,28). The normalized spacial score (nSPS) is 14.3. The summed E-state index contributed by atoms with van der Waals surface area (Å²) in [6.45, 7) is 0.915. The van der Waals surface area contributed by atoms with Crippen LogP contribution < -0.4 is 15.8 Å². The van der Waals surface area contributed by atoms with Crippen molar-refractivity contribution in [3.05, 3.63) is 59.9 Å². The molecule has 1 aliphatic rings. The van der Waals surface area contributed by atoms with Gasteiger partial charge in [0.05, 0.1) is 31.0 Å². The van der Waals surface area contributed by atoms with E-state index in [0.29, 0.717) is 48.5 Å². The monoisotopic (exact) mass is 435 g/mol. The van der Waals surface area contributed by atoms with Crippen LogP contribution in [-0.2, 0) is 16.0 Å². The lowest BCUT2D eigenvalue weighted by atomic mass is 9.95. The molecular weight excluding hydrogens is 410 g/mol. The number of ether oxygens (including phenoxy) is 1. The number of rotatable bonds is 6. The summed E-state index contributed by atoms with van der Waals surface area (Å²) in [6.07, 6.45) is 2.76. The molecule has 1 saturated heterocycles. The van der Waals surface area contributed by atoms with Crippen molar-refractivity contribution in [1.29, 1.82) is 0 Å². The average molecular weight is 435 g/mol. The number of anilines is 1. The number of hydrogen-bond acceptors (Lipinski definition) is 5. The van der Waals surface area contributed by atoms with Gasteiger partial charge < -0.3 is 25.1 Å². The Bertz CT molecular complexity index is 1160. The molecule has 2 aromatic carbocycles. The molecule has 32 heavy (non-hydrogen) atoms. The SMILES string of the molecule is COc1ccc2c(CC(=O)Nc3ccccc3C(=O)N3CCC(C(N)=O)CC3)coc2c1. The molecule has 3 N–H and O–H groups in total. The van der Waals surface area contributed by atoms with E-state index in [4.69, 9.17) is 14.9 Å². The zero-order valence-electron chi connectivity index (χ0n) is 17.8. The van der Waals surface area contributed by atoms with Gasteiger partial charge in [0.2, 0.25) is 11.8 Å². The number of nitrogens with zero attached hydrogens (tertiary/aromatic N) is 1. The van der Waals surface area contributed by atoms with Crippen molar-refractivity contribution in [2.75, 3.05) is 25.5 Å². The smallest absolute Gasteiger partial charge is 0.255 e. The maximum atomic E-state index is 13.1. The number of para-hydroxylation sites is 1. The van der Waals surface area contributed by atoms with E-state index in [1.54, 1.807) is 48.6 Å². The summed E-state index contributed by atoms with van der Waals surface area (Å²) in [5.41, 5.74) is 7.64. The Morgan fingerprint density at radius 3 is 2.62 bits per heavy atom. The topological polar surface area (TPSA) is 115 Å². The summed E-state index contributed by atoms with van der Waals surface area (Å²) in [5.74, 6) is -0.273. The van der Waals surface area contributed by atoms with Crippen LogP contribution in [0.25, 0.3) is 11.0 Å². The van der Waals surface area contributed by atoms with Crippen molar-refractivity contribution >= 4 is 34.4 Å². The van der Waals surface area contributed by atoms with Gasteiger partial charge in [-0.05, 0) is 37.1 Å². The summed E-state index contributed by atoms with van der Waals surface area (Å²) < 4.78 is 10.8. The van der Waals surface area contributed by atoms with Crippen LogP contribution in [0.4, 0.5) is 5.69 Å². The van der Waals surface area contributed by atoms with Crippen LogP contribution in [0.5, 0.6) is 5.75 Å². The molecular formula is C24H25N3O5. The highest BCUT2D eigenvalue weighted by atomic mass is 16.5. The average Bonchev–Trinajstić information content (AvgIpc) is 3.20. The maximum absolute atomic E-state index is 13.1. The van der Waals surface area contributed by atoms with E-state index in [9.17, 15) is 14.4 Å². The lowest BCUT2D eigenvalue weighted by Crippen LogP contribution is -2.42. The van der Waals surface area contributed by atoms with Crippen LogP contribution in [0.1, 0.15) is 28.8 Å². The molecule has 0 spiro atoms. The fourth-order valence-corrected chi connectivity index (χ4v) is 4.01. The Kier molecular flexibility index (Phi) is 6.11. The summed E-state index contributed by atoms with van der Waals surface area (Å²) in [5, 5.41) is 3.69. The van der Waals surface area contributed by atoms with E-state index in [0.717, 1.165) is 10.9 Å². The third-order valence-corrected chi connectivity index (χ3v) is 5.83. The fourth-order valence-electron chi connectivity index (χ4n) is 4.01. The summed E-state index contributed by atoms with van der Waals surface area (Å²) in [4.78, 5) is 38.9. The zero-order chi connectivity index (χ0) is 22.7. The second-order valence-electron chi connectivity index (χ2n) is 7.86. The molecule has 3 aromatic rings. The Hall–Kier alpha value is -3.81. The van der Waals surface area contributed by atoms with Crippen molar-refractivity contribution in [3.8, 4) is 5.75 Å². The molecule has 0 saturated carbocycles. The zero-order valence-corrected chi connectivity index (χ0v) is 17.8. The number of nitrogens with one attached hydrogen (secondary N) is 1. The number of fused-ring (bicyclic) bond motifs is 1. The third kappa shape index (κ3) is 4.44. The number of methoxy groups -OCH3 is 1. The van der Waals surface area contributed by atoms with E-state index in [-0.39, 0.29) is 30.1 Å². The molecule has 0 atom stereocenters. The number of furan rings is 1. The minimum atomic E-state index is -0.324. The number of likely N-dealkylation sites (tertiary alicyclic amines) is 1. The fraction of sp³-hybridized carbons (Fsp3) is 0.292. The first kappa shape index (κ1) is 21.4. The Morgan fingerprint density at radius 2 is 1.91 bits per heavy atom. The van der Waals surface area contributed by atoms with Crippen LogP contribution in [-0.4, -0.2) is 42.8 Å². The van der Waals surface area contributed by atoms with E-state index >= 15 is 0 Å². The minimum absolute atomic E-state index is 0.103. The van der Waals surface area contributed by atoms with Gasteiger partial charge in [-0.25, -0.2) is 0 Å². The van der Waals surface area contributed by atoms with E-state index in [1.807, 2.05) is 12.1 Å². The quantitative estimate of drug-likeness (QED) is 0.618. The molecule has 8 nitrogen and oxygen atoms in total. The first-order valence-corrected chi connectivity index (χ1v) is 10.5. The van der Waals surface area contributed by atoms with Gasteiger partial charge in [-0.15, -0.1) is 0 Å². The Labute approximate surface area is 185 Å². The van der Waals surface area contributed by atoms with E-state index < -0.39 is 0 Å². The molecule has 0 bridgehead atoms. The van der Waals surface area contributed by atoms with Gasteiger partial charge in [0.25, 0.3) is 5.91 Å². The number of carbonyl (C=O) groups is 3. The second kappa shape index (κ2) is 9.13. The highest BCUT2D eigenvalue weighted by molar-refractivity contribution is 6.04. The van der Waals surface area contributed by atoms with Crippen LogP contribution in [0.15, 0.2) is 53.1 Å². The number of carbonyl (C=O) groups excluding carboxylic acids is 3. The number of primary amides is 1. The molecule has 0 radical (unpaired) electrons. The largest absolute Gasteiger partial charge is 0.497 e. The predicted molar refractivity (Wildman–Crippen MR) is 119 cm³/mol. The predicted octanol–water partition coefficient (Wildman–Crippen LogP) is 2.96. The molecule has 2 heterocycles. The molecule has 0 unspecified atom stereocenters. The van der Waals surface area contributed by atoms with Crippen LogP contribution in [0, 0.1) is 5.92 Å². The number of piperidine rings is 1. The van der Waals surface area contributed by atoms with Crippen LogP contribution in [0.3, 0.4) is 0 Å². The van der Waals surface area contributed by atoms with Crippen LogP contribution in [0.2, 0.25) is 0 Å². The van der Waals surface area contributed by atoms with Gasteiger partial charge in [0.15, 0.2) is 0 Å². The highest BCUT2D eigenvalue weighted by Gasteiger charge is 2.27. The molecule has 1 aromatic heterocycles. The minimum Gasteiger partial charge on any atom is -0.497 e. The van der Waals surface area contributed by atoms with Crippen molar-refractivity contribution < 1.29 is 23.5 Å². The van der Waals surface area contributed by atoms with Gasteiger partial charge in [-0.2, -0.15) is 0 Å². The number of amides is 3. The maximum Gasteiger partial charge on any atom is 0.255 e. The number of nitrogens with two attached hydrogens (primary N) is 1. The van der Waals surface area contributed by atoms with E-state index in [2.05, 4.69) is 5.32 Å². The number of benzene rings is 2. The molecule has 166 valence electrons. The molecule has 0 aliphatic carbocycles. The Morgan fingerprint density at radius 1 is 1.16 bits per heavy atom. The summed E-state index contributed by atoms with van der Waals surface area (Å²) in [7, 11) is 1.58. The molecule has 1 aliphatic heterocycles. The number of hydrogen-bond donors (Lipinski definition) is 2. The van der Waals surface area contributed by atoms with Crippen molar-refractivity contribution in [3.63, 3.8) is 0 Å². The van der Waals surface area contributed by atoms with Crippen LogP contribution >= 0.6 is 0 Å². The van der Waals surface area contributed by atoms with Crippen molar-refractivity contribution in [2.45, 2.75) is 19.3 Å². The molecule has 4 rings (SSSR count). The lowest BCUT2D eigenvalue weighted by Gasteiger charge is -2.31. The third-order valence-electron chi connectivity index (χ3n) is 5.83. The van der Waals surface area contributed by atoms with Gasteiger partial charge in [0, 0.05) is 36.0 Å². The first-order chi connectivity index (χ1) is 15.5. The lowest BCUT2D eigenvalue weighted by molar-refractivity contribution is -0.123. The van der Waals surface area contributed by atoms with Gasteiger partial charge >= 0.3 is 0 Å². The summed E-state index contributed by atoms with van der Waals surface area (Å²) in [6, 6.07) is 12.4. The van der Waals surface area contributed by atoms with E-state index in [1.165, 1.54) is 0 Å². The first-order valence-electron chi connectivity index (χ1n) is 10.5. The molecule has 8 heteroatoms. The second-order valence-corrected chi connectivity index (χ2v) is 7.86. The van der Waals surface area contributed by atoms with Crippen molar-refractivity contribution in [1.82, 2.24) is 4.90 Å². The van der Waals surface area contributed by atoms with Gasteiger partial charge in [0.1, 0.15) is 11.3 Å². The molecule has 3 amide bonds. The Balaban J connectivity index is 1.46. The van der Waals surface area contributed by atoms with Crippen molar-refractivity contribution in [2.24, 2.45) is 11.7 Å². The van der Waals surface area contributed by atoms with Gasteiger partial charge in [-0.1, -0.05) is 12.1 Å².